The number of fused-ring (bicyclic) bond motifs is 1. The molecule has 3 rings (SSSR count). The van der Waals surface area contributed by atoms with E-state index in [0.717, 1.165) is 0 Å². The Morgan fingerprint density at radius 1 is 1.41 bits per heavy atom. The second-order valence-corrected chi connectivity index (χ2v) is 6.79. The molecule has 1 aliphatic rings. The van der Waals surface area contributed by atoms with Crippen LogP contribution in [0.1, 0.15) is 13.2 Å². The predicted molar refractivity (Wildman–Crippen MR) is 93.0 cm³/mol. The van der Waals surface area contributed by atoms with Gasteiger partial charge in [0.25, 0.3) is 0 Å². The molecule has 2 aromatic rings. The molecule has 12 nitrogen and oxygen atoms in total. The van der Waals surface area contributed by atoms with E-state index in [9.17, 15) is 14.6 Å². The Labute approximate surface area is 155 Å². The van der Waals surface area contributed by atoms with Gasteiger partial charge in [0, 0.05) is 7.11 Å². The van der Waals surface area contributed by atoms with E-state index < -0.39 is 39.4 Å². The lowest BCUT2D eigenvalue weighted by Gasteiger charge is -2.25. The molecule has 0 bridgehead atoms. The number of nitrogens with two attached hydrogens (primary N) is 1. The summed E-state index contributed by atoms with van der Waals surface area (Å²) in [6.45, 7) is 1.55. The summed E-state index contributed by atoms with van der Waals surface area (Å²) in [6, 6.07) is 0. The highest BCUT2D eigenvalue weighted by Crippen LogP contribution is 2.38. The summed E-state index contributed by atoms with van der Waals surface area (Å²) in [7, 11) is -1.76. The zero-order valence-electron chi connectivity index (χ0n) is 14.8. The highest BCUT2D eigenvalue weighted by atomic mass is 31.1. The van der Waals surface area contributed by atoms with E-state index in [0.29, 0.717) is 11.2 Å². The number of rotatable bonds is 8. The van der Waals surface area contributed by atoms with Crippen LogP contribution in [-0.4, -0.2) is 74.3 Å². The number of methoxy groups -OCH3 is 1. The molecule has 4 N–H and O–H groups in total. The minimum Gasteiger partial charge on any atom is -0.394 e. The molecule has 0 spiro atoms. The Morgan fingerprint density at radius 3 is 2.85 bits per heavy atom. The third-order valence-electron chi connectivity index (χ3n) is 4.29. The van der Waals surface area contributed by atoms with E-state index >= 15 is 0 Å². The standard InChI is InChI=1S/C14H22N5O7P/c1-7(23-2)4-24-11-10(26-27(21)22)8(3-20)25-14(11)19-6-18-9-12(15)16-5-17-13(9)19/h5-8,10-11,14,20,27H,3-4H2,1-2H3,(H,21,22)(H2,15,16,17)/t7-,8+,10?,11-,14+/m0/s1. The van der Waals surface area contributed by atoms with E-state index in [2.05, 4.69) is 15.0 Å². The summed E-state index contributed by atoms with van der Waals surface area (Å²) >= 11 is 0. The maximum Gasteiger partial charge on any atom is 0.317 e. The molecule has 1 saturated heterocycles. The van der Waals surface area contributed by atoms with E-state index in [1.807, 2.05) is 0 Å². The van der Waals surface area contributed by atoms with Gasteiger partial charge in [0.15, 0.2) is 17.7 Å². The van der Waals surface area contributed by atoms with Gasteiger partial charge in [-0.2, -0.15) is 0 Å². The Bertz CT molecular complexity index is 805. The van der Waals surface area contributed by atoms with E-state index in [-0.39, 0.29) is 18.5 Å². The van der Waals surface area contributed by atoms with Crippen molar-refractivity contribution in [2.75, 3.05) is 26.1 Å². The van der Waals surface area contributed by atoms with Crippen LogP contribution in [0.4, 0.5) is 5.82 Å². The van der Waals surface area contributed by atoms with Gasteiger partial charge in [0.2, 0.25) is 0 Å². The van der Waals surface area contributed by atoms with Crippen molar-refractivity contribution in [1.82, 2.24) is 19.5 Å². The van der Waals surface area contributed by atoms with Crippen molar-refractivity contribution in [3.05, 3.63) is 12.7 Å². The lowest BCUT2D eigenvalue weighted by atomic mass is 10.1. The average Bonchev–Trinajstić information content (AvgIpc) is 3.21. The van der Waals surface area contributed by atoms with Crippen LogP contribution in [0.5, 0.6) is 0 Å². The number of nitrogen functional groups attached to an aromatic ring is 1. The molecule has 2 aromatic heterocycles. The second-order valence-electron chi connectivity index (χ2n) is 6.02. The lowest BCUT2D eigenvalue weighted by Crippen LogP contribution is -2.38. The Kier molecular flexibility index (Phi) is 6.37. The average molecular weight is 403 g/mol. The molecule has 0 aliphatic carbocycles. The summed E-state index contributed by atoms with van der Waals surface area (Å²) < 4.78 is 34.9. The molecule has 27 heavy (non-hydrogen) atoms. The molecule has 0 radical (unpaired) electrons. The largest absolute Gasteiger partial charge is 0.394 e. The molecule has 0 amide bonds. The molecule has 0 aromatic carbocycles. The molecule has 0 saturated carbocycles. The quantitative estimate of drug-likeness (QED) is 0.486. The highest BCUT2D eigenvalue weighted by molar-refractivity contribution is 7.32. The van der Waals surface area contributed by atoms with Crippen LogP contribution in [0.15, 0.2) is 12.7 Å². The molecule has 6 atom stereocenters. The number of hydrogen-bond donors (Lipinski definition) is 3. The summed E-state index contributed by atoms with van der Waals surface area (Å²) in [5.74, 6) is 0.203. The Balaban J connectivity index is 1.96. The van der Waals surface area contributed by atoms with Crippen LogP contribution in [0.25, 0.3) is 11.2 Å². The summed E-state index contributed by atoms with van der Waals surface area (Å²) in [4.78, 5) is 21.5. The van der Waals surface area contributed by atoms with Crippen molar-refractivity contribution in [3.8, 4) is 0 Å². The lowest BCUT2D eigenvalue weighted by molar-refractivity contribution is -0.0900. The third-order valence-corrected chi connectivity index (χ3v) is 4.76. The van der Waals surface area contributed by atoms with Gasteiger partial charge in [0.05, 0.1) is 25.6 Å². The van der Waals surface area contributed by atoms with Crippen LogP contribution in [0.3, 0.4) is 0 Å². The predicted octanol–water partition coefficient (Wildman–Crippen LogP) is -0.515. The van der Waals surface area contributed by atoms with Crippen LogP contribution in [-0.2, 0) is 23.3 Å². The zero-order valence-corrected chi connectivity index (χ0v) is 15.8. The van der Waals surface area contributed by atoms with E-state index in [1.54, 1.807) is 11.5 Å². The maximum absolute atomic E-state index is 11.3. The zero-order chi connectivity index (χ0) is 19.6. The van der Waals surface area contributed by atoms with Gasteiger partial charge < -0.3 is 34.5 Å². The minimum atomic E-state index is -3.30. The van der Waals surface area contributed by atoms with E-state index in [4.69, 9.17) is 24.5 Å². The normalized spacial score (nSPS) is 27.9. The maximum atomic E-state index is 11.3. The highest BCUT2D eigenvalue weighted by Gasteiger charge is 2.48. The third kappa shape index (κ3) is 4.11. The van der Waals surface area contributed by atoms with Crippen molar-refractivity contribution >= 4 is 25.2 Å². The number of aliphatic hydroxyl groups excluding tert-OH is 1. The Morgan fingerprint density at radius 2 is 2.19 bits per heavy atom. The fourth-order valence-corrected chi connectivity index (χ4v) is 3.40. The molecule has 3 heterocycles. The topological polar surface area (TPSA) is 164 Å². The Hall–Kier alpha value is -1.66. The van der Waals surface area contributed by atoms with Gasteiger partial charge in [-0.05, 0) is 6.92 Å². The summed E-state index contributed by atoms with van der Waals surface area (Å²) in [6.07, 6.45) is -0.991. The molecule has 1 fully saturated rings. The SMILES string of the molecule is CO[C@@H](C)CO[C@H]1C(O[PH](=O)O)[C@@H](CO)O[C@H]1n1cnc2c(N)ncnc21. The molecular weight excluding hydrogens is 381 g/mol. The first-order valence-corrected chi connectivity index (χ1v) is 9.46. The van der Waals surface area contributed by atoms with Gasteiger partial charge in [0.1, 0.15) is 30.2 Å². The molecular formula is C14H22N5O7P. The van der Waals surface area contributed by atoms with Gasteiger partial charge in [-0.1, -0.05) is 0 Å². The van der Waals surface area contributed by atoms with Gasteiger partial charge in [-0.3, -0.25) is 9.13 Å². The van der Waals surface area contributed by atoms with Crippen molar-refractivity contribution < 1.29 is 33.3 Å². The van der Waals surface area contributed by atoms with Crippen LogP contribution in [0.2, 0.25) is 0 Å². The minimum absolute atomic E-state index is 0.176. The molecule has 150 valence electrons. The number of aromatic nitrogens is 4. The summed E-state index contributed by atoms with van der Waals surface area (Å²) in [5, 5.41) is 9.64. The van der Waals surface area contributed by atoms with Crippen molar-refractivity contribution in [1.29, 1.82) is 0 Å². The molecule has 2 unspecified atom stereocenters. The number of aliphatic hydroxyl groups is 1. The monoisotopic (exact) mass is 403 g/mol. The van der Waals surface area contributed by atoms with Crippen LogP contribution in [0, 0.1) is 0 Å². The van der Waals surface area contributed by atoms with Crippen molar-refractivity contribution in [2.24, 2.45) is 0 Å². The van der Waals surface area contributed by atoms with Gasteiger partial charge >= 0.3 is 8.25 Å². The van der Waals surface area contributed by atoms with Gasteiger partial charge in [-0.15, -0.1) is 0 Å². The van der Waals surface area contributed by atoms with E-state index in [1.165, 1.54) is 19.8 Å². The first kappa shape index (κ1) is 20.1. The fraction of sp³-hybridized carbons (Fsp3) is 0.643. The molecule has 1 aliphatic heterocycles. The summed E-state index contributed by atoms with van der Waals surface area (Å²) in [5.41, 5.74) is 6.59. The molecule has 13 heteroatoms. The first-order chi connectivity index (χ1) is 13.0. The van der Waals surface area contributed by atoms with Crippen molar-refractivity contribution in [3.63, 3.8) is 0 Å². The number of imidazole rings is 1. The smallest absolute Gasteiger partial charge is 0.317 e. The van der Waals surface area contributed by atoms with Crippen LogP contribution >= 0.6 is 8.25 Å². The number of anilines is 1. The second kappa shape index (κ2) is 8.57. The van der Waals surface area contributed by atoms with Crippen molar-refractivity contribution in [2.45, 2.75) is 37.6 Å². The van der Waals surface area contributed by atoms with Gasteiger partial charge in [-0.25, -0.2) is 15.0 Å². The van der Waals surface area contributed by atoms with Crippen LogP contribution < -0.4 is 5.73 Å². The number of ether oxygens (including phenoxy) is 3. The number of nitrogens with zero attached hydrogens (tertiary/aromatic N) is 4. The first-order valence-electron chi connectivity index (χ1n) is 8.19. The fourth-order valence-electron chi connectivity index (χ4n) is 2.89. The number of hydrogen-bond acceptors (Lipinski definition) is 10.